The molecule has 1 saturated heterocycles. The molecule has 1 aliphatic rings. The second kappa shape index (κ2) is 13.4. The summed E-state index contributed by atoms with van der Waals surface area (Å²) in [6.45, 7) is 1.40. The first kappa shape index (κ1) is 28.3. The van der Waals surface area contributed by atoms with Crippen molar-refractivity contribution in [2.24, 2.45) is 0 Å². The summed E-state index contributed by atoms with van der Waals surface area (Å²) in [5, 5.41) is 6.42. The Hall–Kier alpha value is -3.72. The van der Waals surface area contributed by atoms with Crippen LogP contribution in [-0.4, -0.2) is 29.8 Å². The molecule has 6 heteroatoms. The molecule has 0 bridgehead atoms. The topological polar surface area (TPSA) is 49.4 Å². The average Bonchev–Trinajstić information content (AvgIpc) is 3.01. The predicted octanol–water partition coefficient (Wildman–Crippen LogP) is 2.27. The largest absolute Gasteiger partial charge is 1.00 e. The number of hydrogen-bond donors (Lipinski definition) is 1. The maximum absolute atomic E-state index is 14.1. The van der Waals surface area contributed by atoms with E-state index in [0.717, 1.165) is 35.2 Å². The van der Waals surface area contributed by atoms with Crippen molar-refractivity contribution in [1.29, 1.82) is 0 Å². The summed E-state index contributed by atoms with van der Waals surface area (Å²) in [4.78, 5) is 29.4. The fourth-order valence-electron chi connectivity index (χ4n) is 5.05. The van der Waals surface area contributed by atoms with Gasteiger partial charge in [0.25, 0.3) is 11.8 Å². The van der Waals surface area contributed by atoms with Crippen LogP contribution >= 0.6 is 7.26 Å². The molecule has 1 aliphatic heterocycles. The van der Waals surface area contributed by atoms with Crippen molar-refractivity contribution in [3.8, 4) is 0 Å². The van der Waals surface area contributed by atoms with Crippen LogP contribution in [0.3, 0.4) is 0 Å². The van der Waals surface area contributed by atoms with Gasteiger partial charge in [-0.15, -0.1) is 0 Å². The van der Waals surface area contributed by atoms with E-state index in [1.54, 1.807) is 12.1 Å². The van der Waals surface area contributed by atoms with Crippen molar-refractivity contribution < 1.29 is 22.0 Å². The molecule has 1 fully saturated rings. The van der Waals surface area contributed by atoms with Crippen LogP contribution in [0.1, 0.15) is 29.6 Å². The van der Waals surface area contributed by atoms with Gasteiger partial charge in [-0.3, -0.25) is 9.59 Å². The van der Waals surface area contributed by atoms with Gasteiger partial charge in [0.15, 0.2) is 0 Å². The number of likely N-dealkylation sites (tertiary alicyclic amines) is 1. The normalized spacial score (nSPS) is 13.7. The lowest BCUT2D eigenvalue weighted by molar-refractivity contribution is -0.128. The van der Waals surface area contributed by atoms with E-state index in [1.807, 2.05) is 77.7 Å². The summed E-state index contributed by atoms with van der Waals surface area (Å²) in [6.07, 6.45) is 3.07. The van der Waals surface area contributed by atoms with Gasteiger partial charge in [0.05, 0.1) is 0 Å². The number of amides is 2. The molecule has 4 nitrogen and oxygen atoms in total. The van der Waals surface area contributed by atoms with Crippen molar-refractivity contribution in [2.45, 2.75) is 19.3 Å². The zero-order valence-corrected chi connectivity index (χ0v) is 23.4. The van der Waals surface area contributed by atoms with E-state index in [1.165, 1.54) is 0 Å². The molecule has 198 valence electrons. The number of hydrogen-bond acceptors (Lipinski definition) is 2. The Morgan fingerprint density at radius 3 is 1.46 bits per heavy atom. The van der Waals surface area contributed by atoms with Crippen molar-refractivity contribution in [3.63, 3.8) is 0 Å². The predicted molar refractivity (Wildman–Crippen MR) is 158 cm³/mol. The van der Waals surface area contributed by atoms with Gasteiger partial charge in [0, 0.05) is 18.7 Å². The lowest BCUT2D eigenvalue weighted by atomic mass is 10.1. The van der Waals surface area contributed by atoms with Crippen LogP contribution in [-0.2, 0) is 4.79 Å². The Labute approximate surface area is 237 Å². The quantitative estimate of drug-likeness (QED) is 0.281. The van der Waals surface area contributed by atoms with Gasteiger partial charge in [0.1, 0.15) is 34.7 Å². The third kappa shape index (κ3) is 6.30. The smallest absolute Gasteiger partial charge is 0.273 e. The zero-order chi connectivity index (χ0) is 26.2. The Morgan fingerprint density at radius 1 is 0.615 bits per heavy atom. The SMILES string of the molecule is O=C(N/C(=C\[P+](c1ccccc1)(c1ccccc1)c1ccccc1)C(=O)N1CCCCC1)c1ccccc1.[Cl-]. The van der Waals surface area contributed by atoms with Gasteiger partial charge < -0.3 is 22.6 Å². The van der Waals surface area contributed by atoms with E-state index in [0.29, 0.717) is 24.4 Å². The molecule has 2 amide bonds. The van der Waals surface area contributed by atoms with Crippen LogP contribution in [0, 0.1) is 0 Å². The number of benzene rings is 4. The molecule has 5 rings (SSSR count). The molecule has 0 atom stereocenters. The molecular formula is C33H32ClN2O2P. The molecule has 4 aromatic rings. The Balaban J connectivity index is 0.00000353. The fourth-order valence-corrected chi connectivity index (χ4v) is 8.88. The summed E-state index contributed by atoms with van der Waals surface area (Å²) in [5.74, 6) is 1.67. The number of halogens is 1. The first-order chi connectivity index (χ1) is 18.7. The molecule has 39 heavy (non-hydrogen) atoms. The highest BCUT2D eigenvalue weighted by Gasteiger charge is 2.45. The molecular weight excluding hydrogens is 523 g/mol. The average molecular weight is 555 g/mol. The van der Waals surface area contributed by atoms with Crippen LogP contribution in [0.2, 0.25) is 0 Å². The number of piperidine rings is 1. The highest BCUT2D eigenvalue weighted by Crippen LogP contribution is 2.57. The molecule has 0 unspecified atom stereocenters. The molecule has 4 aromatic carbocycles. The van der Waals surface area contributed by atoms with E-state index in [9.17, 15) is 9.59 Å². The molecule has 0 aliphatic carbocycles. The minimum absolute atomic E-state index is 0. The second-order valence-electron chi connectivity index (χ2n) is 9.45. The summed E-state index contributed by atoms with van der Waals surface area (Å²) in [5.41, 5.74) is 0.860. The summed E-state index contributed by atoms with van der Waals surface area (Å²) in [6, 6.07) is 40.1. The summed E-state index contributed by atoms with van der Waals surface area (Å²) < 4.78 is 0. The van der Waals surface area contributed by atoms with Gasteiger partial charge in [0.2, 0.25) is 0 Å². The van der Waals surface area contributed by atoms with Crippen molar-refractivity contribution in [3.05, 3.63) is 138 Å². The lowest BCUT2D eigenvalue weighted by Crippen LogP contribution is -3.00. The van der Waals surface area contributed by atoms with Gasteiger partial charge in [-0.2, -0.15) is 0 Å². The van der Waals surface area contributed by atoms with Gasteiger partial charge >= 0.3 is 0 Å². The first-order valence-electron chi connectivity index (χ1n) is 13.1. The Bertz CT molecular complexity index is 1290. The van der Waals surface area contributed by atoms with Crippen LogP contribution in [0.15, 0.2) is 133 Å². The molecule has 0 aromatic heterocycles. The molecule has 1 heterocycles. The maximum Gasteiger partial charge on any atom is 0.273 e. The Kier molecular flexibility index (Phi) is 9.70. The number of nitrogens with zero attached hydrogens (tertiary/aromatic N) is 1. The van der Waals surface area contributed by atoms with Crippen molar-refractivity contribution in [1.82, 2.24) is 10.2 Å². The maximum atomic E-state index is 14.1. The van der Waals surface area contributed by atoms with Crippen LogP contribution in [0.25, 0.3) is 0 Å². The highest BCUT2D eigenvalue weighted by molar-refractivity contribution is 7.98. The lowest BCUT2D eigenvalue weighted by Gasteiger charge is -2.29. The summed E-state index contributed by atoms with van der Waals surface area (Å²) >= 11 is 0. The molecule has 0 spiro atoms. The minimum atomic E-state index is -2.49. The number of carbonyl (C=O) groups excluding carboxylic acids is 2. The molecule has 1 N–H and O–H groups in total. The van der Waals surface area contributed by atoms with Crippen molar-refractivity contribution in [2.75, 3.05) is 13.1 Å². The van der Waals surface area contributed by atoms with Crippen molar-refractivity contribution >= 4 is 35.0 Å². The van der Waals surface area contributed by atoms with E-state index in [4.69, 9.17) is 0 Å². The van der Waals surface area contributed by atoms with Gasteiger partial charge in [-0.25, -0.2) is 0 Å². The first-order valence-corrected chi connectivity index (χ1v) is 15.0. The van der Waals surface area contributed by atoms with Crippen LogP contribution in [0.4, 0.5) is 0 Å². The van der Waals surface area contributed by atoms with Crippen LogP contribution in [0.5, 0.6) is 0 Å². The van der Waals surface area contributed by atoms with E-state index < -0.39 is 7.26 Å². The van der Waals surface area contributed by atoms with E-state index in [-0.39, 0.29) is 24.2 Å². The Morgan fingerprint density at radius 2 is 1.03 bits per heavy atom. The fraction of sp³-hybridized carbons (Fsp3) is 0.152. The molecule has 0 radical (unpaired) electrons. The summed E-state index contributed by atoms with van der Waals surface area (Å²) in [7, 11) is -2.49. The van der Waals surface area contributed by atoms with E-state index in [2.05, 4.69) is 47.5 Å². The second-order valence-corrected chi connectivity index (χ2v) is 12.7. The number of nitrogens with one attached hydrogen (secondary N) is 1. The van der Waals surface area contributed by atoms with E-state index >= 15 is 0 Å². The standard InChI is InChI=1S/C33H31N2O2P.ClH/c36-32(27-16-6-1-7-17-27)34-31(33(37)35-24-14-5-15-25-35)26-38(28-18-8-2-9-19-28,29-20-10-3-11-21-29)30-22-12-4-13-23-30;/h1-4,6-13,16-23,26H,5,14-15,24-25H2;1H/b31-26-;. The van der Waals surface area contributed by atoms with Gasteiger partial charge in [-0.1, -0.05) is 72.8 Å². The third-order valence-corrected chi connectivity index (χ3v) is 11.0. The highest BCUT2D eigenvalue weighted by atomic mass is 35.5. The van der Waals surface area contributed by atoms with Crippen LogP contribution < -0.4 is 33.6 Å². The monoisotopic (exact) mass is 554 g/mol. The third-order valence-electron chi connectivity index (χ3n) is 6.97. The number of rotatable bonds is 7. The van der Waals surface area contributed by atoms with Gasteiger partial charge in [-0.05, 0) is 67.8 Å². The minimum Gasteiger partial charge on any atom is -1.00 e. The molecule has 0 saturated carbocycles. The zero-order valence-electron chi connectivity index (χ0n) is 21.7. The number of carbonyl (C=O) groups is 2.